The Morgan fingerprint density at radius 2 is 1.88 bits per heavy atom. The second-order valence-electron chi connectivity index (χ2n) is 8.71. The van der Waals surface area contributed by atoms with Crippen LogP contribution in [0.5, 0.6) is 0 Å². The van der Waals surface area contributed by atoms with Gasteiger partial charge in [-0.15, -0.1) is 0 Å². The Balaban J connectivity index is 1.65. The first-order valence-electron chi connectivity index (χ1n) is 11.2. The Labute approximate surface area is 200 Å². The number of hydrogen-bond acceptors (Lipinski definition) is 3. The summed E-state index contributed by atoms with van der Waals surface area (Å²) in [5.74, 6) is 0.883. The number of hydrogen-bond donors (Lipinski definition) is 1. The topological polar surface area (TPSA) is 46.2 Å². The van der Waals surface area contributed by atoms with E-state index in [0.29, 0.717) is 11.7 Å². The molecule has 1 aliphatic heterocycles. The summed E-state index contributed by atoms with van der Waals surface area (Å²) in [6, 6.07) is 18.7. The molecular formula is C27H28N4OS. The van der Waals surface area contributed by atoms with Gasteiger partial charge < -0.3 is 19.2 Å². The van der Waals surface area contributed by atoms with Crippen LogP contribution >= 0.6 is 12.2 Å². The maximum absolute atomic E-state index is 5.82. The number of benzene rings is 1. The molecule has 3 aromatic heterocycles. The van der Waals surface area contributed by atoms with Crippen LogP contribution in [0.3, 0.4) is 0 Å². The van der Waals surface area contributed by atoms with Gasteiger partial charge in [0.15, 0.2) is 5.11 Å². The van der Waals surface area contributed by atoms with Gasteiger partial charge in [0.2, 0.25) is 0 Å². The van der Waals surface area contributed by atoms with Crippen molar-refractivity contribution in [2.45, 2.75) is 46.3 Å². The Bertz CT molecular complexity index is 1290. The monoisotopic (exact) mass is 456 g/mol. The fraction of sp³-hybridized carbons (Fsp3) is 0.259. The molecule has 1 aliphatic rings. The third-order valence-electron chi connectivity index (χ3n) is 6.71. The molecule has 0 saturated carbocycles. The second-order valence-corrected chi connectivity index (χ2v) is 9.10. The van der Waals surface area contributed by atoms with E-state index in [9.17, 15) is 0 Å². The van der Waals surface area contributed by atoms with Crippen LogP contribution < -0.4 is 5.32 Å². The highest BCUT2D eigenvalue weighted by Crippen LogP contribution is 2.42. The lowest BCUT2D eigenvalue weighted by Crippen LogP contribution is -2.29. The van der Waals surface area contributed by atoms with E-state index in [0.717, 1.165) is 11.5 Å². The SMILES string of the molecule is Cc1cccc(-n2c(C)cc([C@H]3[C@H](c4ccccn4)NC(=S)N3Cc3ccco3)c2C)c1C. The molecule has 1 saturated heterocycles. The fourth-order valence-corrected chi connectivity index (χ4v) is 5.23. The molecule has 1 aromatic carbocycles. The molecule has 33 heavy (non-hydrogen) atoms. The molecular weight excluding hydrogens is 428 g/mol. The molecule has 0 radical (unpaired) electrons. The van der Waals surface area contributed by atoms with Crippen LogP contribution in [-0.2, 0) is 6.54 Å². The number of thiocarbonyl (C=S) groups is 1. The number of nitrogens with one attached hydrogen (secondary N) is 1. The van der Waals surface area contributed by atoms with Crippen LogP contribution in [0.25, 0.3) is 5.69 Å². The zero-order valence-electron chi connectivity index (χ0n) is 19.4. The molecule has 0 unspecified atom stereocenters. The first-order valence-corrected chi connectivity index (χ1v) is 11.6. The van der Waals surface area contributed by atoms with Gasteiger partial charge in [0.1, 0.15) is 5.76 Å². The first-order chi connectivity index (χ1) is 16.0. The van der Waals surface area contributed by atoms with Crippen molar-refractivity contribution in [2.24, 2.45) is 0 Å². The van der Waals surface area contributed by atoms with Gasteiger partial charge in [0, 0.05) is 23.3 Å². The van der Waals surface area contributed by atoms with E-state index in [4.69, 9.17) is 16.6 Å². The van der Waals surface area contributed by atoms with E-state index in [1.807, 2.05) is 30.5 Å². The van der Waals surface area contributed by atoms with E-state index >= 15 is 0 Å². The normalized spacial score (nSPS) is 18.1. The molecule has 5 nitrogen and oxygen atoms in total. The summed E-state index contributed by atoms with van der Waals surface area (Å²) in [5, 5.41) is 4.25. The van der Waals surface area contributed by atoms with Crippen molar-refractivity contribution in [1.29, 1.82) is 0 Å². The van der Waals surface area contributed by atoms with E-state index in [1.165, 1.54) is 33.8 Å². The van der Waals surface area contributed by atoms with Crippen molar-refractivity contribution in [2.75, 3.05) is 0 Å². The summed E-state index contributed by atoms with van der Waals surface area (Å²) in [4.78, 5) is 6.89. The predicted molar refractivity (Wildman–Crippen MR) is 134 cm³/mol. The largest absolute Gasteiger partial charge is 0.467 e. The number of aromatic nitrogens is 2. The minimum Gasteiger partial charge on any atom is -0.467 e. The van der Waals surface area contributed by atoms with Gasteiger partial charge in [0.25, 0.3) is 0 Å². The van der Waals surface area contributed by atoms with Gasteiger partial charge >= 0.3 is 0 Å². The van der Waals surface area contributed by atoms with Crippen LogP contribution in [-0.4, -0.2) is 19.6 Å². The van der Waals surface area contributed by atoms with Gasteiger partial charge in [-0.2, -0.15) is 0 Å². The highest BCUT2D eigenvalue weighted by atomic mass is 32.1. The van der Waals surface area contributed by atoms with Gasteiger partial charge in [-0.05, 0) is 93.0 Å². The first kappa shape index (κ1) is 21.5. The van der Waals surface area contributed by atoms with Crippen molar-refractivity contribution >= 4 is 17.3 Å². The summed E-state index contributed by atoms with van der Waals surface area (Å²) in [6.07, 6.45) is 3.55. The second kappa shape index (κ2) is 8.52. The Morgan fingerprint density at radius 1 is 1.03 bits per heavy atom. The molecule has 2 atom stereocenters. The molecule has 0 spiro atoms. The van der Waals surface area contributed by atoms with Crippen molar-refractivity contribution in [3.8, 4) is 5.69 Å². The molecule has 0 bridgehead atoms. The van der Waals surface area contributed by atoms with Gasteiger partial charge in [-0.1, -0.05) is 18.2 Å². The lowest BCUT2D eigenvalue weighted by Gasteiger charge is -2.27. The predicted octanol–water partition coefficient (Wildman–Crippen LogP) is 5.87. The van der Waals surface area contributed by atoms with Crippen LogP contribution in [0.15, 0.2) is 71.5 Å². The van der Waals surface area contributed by atoms with E-state index in [1.54, 1.807) is 6.26 Å². The van der Waals surface area contributed by atoms with Crippen molar-refractivity contribution < 1.29 is 4.42 Å². The average molecular weight is 457 g/mol. The number of nitrogens with zero attached hydrogens (tertiary/aromatic N) is 3. The molecule has 0 amide bonds. The molecule has 1 N–H and O–H groups in total. The van der Waals surface area contributed by atoms with E-state index in [-0.39, 0.29) is 12.1 Å². The third-order valence-corrected chi connectivity index (χ3v) is 7.06. The number of aryl methyl sites for hydroxylation is 2. The summed E-state index contributed by atoms with van der Waals surface area (Å²) in [7, 11) is 0. The zero-order chi connectivity index (χ0) is 23.1. The highest BCUT2D eigenvalue weighted by Gasteiger charge is 2.41. The summed E-state index contributed by atoms with van der Waals surface area (Å²) < 4.78 is 8.04. The molecule has 0 aliphatic carbocycles. The maximum Gasteiger partial charge on any atom is 0.170 e. The fourth-order valence-electron chi connectivity index (χ4n) is 4.92. The average Bonchev–Trinajstić information content (AvgIpc) is 3.51. The van der Waals surface area contributed by atoms with Crippen LogP contribution in [0.4, 0.5) is 0 Å². The lowest BCUT2D eigenvalue weighted by molar-refractivity contribution is 0.286. The molecule has 4 aromatic rings. The van der Waals surface area contributed by atoms with E-state index < -0.39 is 0 Å². The third kappa shape index (κ3) is 3.74. The minimum absolute atomic E-state index is 0.0115. The van der Waals surface area contributed by atoms with Crippen molar-refractivity contribution in [3.63, 3.8) is 0 Å². The van der Waals surface area contributed by atoms with Crippen molar-refractivity contribution in [1.82, 2.24) is 19.8 Å². The Morgan fingerprint density at radius 3 is 2.61 bits per heavy atom. The number of furan rings is 1. The summed E-state index contributed by atoms with van der Waals surface area (Å²) in [5.41, 5.74) is 8.42. The van der Waals surface area contributed by atoms with Crippen LogP contribution in [0.1, 0.15) is 51.6 Å². The van der Waals surface area contributed by atoms with Crippen LogP contribution in [0.2, 0.25) is 0 Å². The molecule has 6 heteroatoms. The van der Waals surface area contributed by atoms with Crippen LogP contribution in [0, 0.1) is 27.7 Å². The highest BCUT2D eigenvalue weighted by molar-refractivity contribution is 7.80. The van der Waals surface area contributed by atoms with Crippen molar-refractivity contribution in [3.05, 3.63) is 107 Å². The zero-order valence-corrected chi connectivity index (χ0v) is 20.2. The molecule has 1 fully saturated rings. The van der Waals surface area contributed by atoms with Gasteiger partial charge in [-0.3, -0.25) is 4.98 Å². The van der Waals surface area contributed by atoms with Gasteiger partial charge in [-0.25, -0.2) is 0 Å². The molecule has 5 rings (SSSR count). The van der Waals surface area contributed by atoms with E-state index in [2.05, 4.69) is 77.8 Å². The lowest BCUT2D eigenvalue weighted by atomic mass is 9.96. The Kier molecular flexibility index (Phi) is 5.54. The molecule has 4 heterocycles. The summed E-state index contributed by atoms with van der Waals surface area (Å²) in [6.45, 7) is 9.32. The molecule has 168 valence electrons. The smallest absolute Gasteiger partial charge is 0.170 e. The maximum atomic E-state index is 5.82. The van der Waals surface area contributed by atoms with Gasteiger partial charge in [0.05, 0.1) is 30.6 Å². The number of rotatable bonds is 5. The Hall–Kier alpha value is -3.38. The quantitative estimate of drug-likeness (QED) is 0.381. The summed E-state index contributed by atoms with van der Waals surface area (Å²) >= 11 is 5.82. The standard InChI is InChI=1S/C27H28N4OS/c1-17-9-7-12-24(19(17)3)31-18(2)15-22(20(31)4)26-25(23-11-5-6-13-28-23)29-27(33)30(26)16-21-10-8-14-32-21/h5-15,25-26H,16H2,1-4H3,(H,29,33)/t25-,26-/m0/s1. The minimum atomic E-state index is -0.0544. The number of pyridine rings is 1.